The van der Waals surface area contributed by atoms with E-state index in [0.29, 0.717) is 12.2 Å². The molecule has 200 valence electrons. The molecule has 0 radical (unpaired) electrons. The van der Waals surface area contributed by atoms with Crippen molar-refractivity contribution in [2.24, 2.45) is 5.92 Å². The van der Waals surface area contributed by atoms with E-state index in [9.17, 15) is 9.59 Å². The van der Waals surface area contributed by atoms with Gasteiger partial charge in [-0.3, -0.25) is 9.69 Å². The van der Waals surface area contributed by atoms with E-state index < -0.39 is 17.7 Å². The van der Waals surface area contributed by atoms with Crippen LogP contribution in [0.15, 0.2) is 48.2 Å². The van der Waals surface area contributed by atoms with Gasteiger partial charge in [-0.15, -0.1) is 0 Å². The first kappa shape index (κ1) is 24.8. The Hall–Kier alpha value is -3.52. The van der Waals surface area contributed by atoms with Crippen LogP contribution in [0.1, 0.15) is 42.4 Å². The van der Waals surface area contributed by atoms with Crippen molar-refractivity contribution in [2.45, 2.75) is 50.2 Å². The number of benzene rings is 2. The summed E-state index contributed by atoms with van der Waals surface area (Å²) in [5.41, 5.74) is 3.21. The fraction of sp³-hybridized carbons (Fsp3) is 0.467. The fourth-order valence-corrected chi connectivity index (χ4v) is 6.73. The third-order valence-corrected chi connectivity index (χ3v) is 8.50. The van der Waals surface area contributed by atoms with Crippen LogP contribution >= 0.6 is 0 Å². The molecule has 1 saturated heterocycles. The molecule has 1 unspecified atom stereocenters. The topological polar surface area (TPSA) is 83.5 Å². The zero-order chi connectivity index (χ0) is 26.4. The van der Waals surface area contributed by atoms with Gasteiger partial charge in [-0.05, 0) is 79.3 Å². The second-order valence-electron chi connectivity index (χ2n) is 10.6. The number of methoxy groups -OCH3 is 2. The van der Waals surface area contributed by atoms with Crippen LogP contribution < -0.4 is 14.2 Å². The van der Waals surface area contributed by atoms with E-state index in [1.165, 1.54) is 18.2 Å². The summed E-state index contributed by atoms with van der Waals surface area (Å²) < 4.78 is 28.8. The lowest BCUT2D eigenvalue weighted by Gasteiger charge is -2.39. The number of Topliss-reactive ketones (excluding diaryl/α,β-unsaturated/α-hetero) is 1. The van der Waals surface area contributed by atoms with Crippen LogP contribution in [-0.2, 0) is 31.9 Å². The first-order valence-electron chi connectivity index (χ1n) is 13.3. The normalized spacial score (nSPS) is 25.9. The van der Waals surface area contributed by atoms with Gasteiger partial charge in [0.05, 0.1) is 25.7 Å². The van der Waals surface area contributed by atoms with Crippen molar-refractivity contribution in [1.29, 1.82) is 0 Å². The smallest absolute Gasteiger partial charge is 0.374 e. The Morgan fingerprint density at radius 1 is 1.13 bits per heavy atom. The van der Waals surface area contributed by atoms with E-state index in [-0.39, 0.29) is 24.4 Å². The third-order valence-electron chi connectivity index (χ3n) is 8.50. The molecule has 0 bridgehead atoms. The highest BCUT2D eigenvalue weighted by molar-refractivity contribution is 6.34. The van der Waals surface area contributed by atoms with Crippen LogP contribution in [0, 0.1) is 5.92 Å². The molecule has 3 aliphatic heterocycles. The zero-order valence-electron chi connectivity index (χ0n) is 22.0. The molecule has 3 heterocycles. The molecule has 6 rings (SSSR count). The Bertz CT molecular complexity index is 1300. The van der Waals surface area contributed by atoms with Crippen LogP contribution in [0.3, 0.4) is 0 Å². The van der Waals surface area contributed by atoms with Crippen molar-refractivity contribution < 1.29 is 33.3 Å². The summed E-state index contributed by atoms with van der Waals surface area (Å²) in [7, 11) is 2.93. The zero-order valence-corrected chi connectivity index (χ0v) is 22.0. The largest absolute Gasteiger partial charge is 0.497 e. The predicted molar refractivity (Wildman–Crippen MR) is 138 cm³/mol. The molecule has 0 amide bonds. The van der Waals surface area contributed by atoms with Gasteiger partial charge >= 0.3 is 5.97 Å². The highest BCUT2D eigenvalue weighted by Crippen LogP contribution is 2.55. The van der Waals surface area contributed by atoms with E-state index in [0.717, 1.165) is 55.2 Å². The molecule has 2 aromatic carbocycles. The molecule has 4 atom stereocenters. The second-order valence-corrected chi connectivity index (χ2v) is 10.6. The van der Waals surface area contributed by atoms with Gasteiger partial charge in [0.2, 0.25) is 12.6 Å². The molecule has 38 heavy (non-hydrogen) atoms. The Balaban J connectivity index is 1.34. The van der Waals surface area contributed by atoms with Crippen molar-refractivity contribution in [2.75, 3.05) is 34.1 Å². The number of carbonyl (C=O) groups is 2. The summed E-state index contributed by atoms with van der Waals surface area (Å²) >= 11 is 0. The Labute approximate surface area is 222 Å². The Morgan fingerprint density at radius 2 is 1.95 bits per heavy atom. The Morgan fingerprint density at radius 3 is 2.74 bits per heavy atom. The van der Waals surface area contributed by atoms with E-state index in [1.54, 1.807) is 14.0 Å². The average Bonchev–Trinajstić information content (AvgIpc) is 3.61. The van der Waals surface area contributed by atoms with Gasteiger partial charge < -0.3 is 23.7 Å². The van der Waals surface area contributed by atoms with Crippen LogP contribution in [0.25, 0.3) is 0 Å². The summed E-state index contributed by atoms with van der Waals surface area (Å²) in [5, 5.41) is 0. The molecular formula is C30H33NO7. The van der Waals surface area contributed by atoms with Gasteiger partial charge in [-0.2, -0.15) is 0 Å². The molecular weight excluding hydrogens is 486 g/mol. The quantitative estimate of drug-likeness (QED) is 0.404. The molecule has 1 spiro atoms. The number of carbonyl (C=O) groups excluding carboxylic acids is 2. The lowest BCUT2D eigenvalue weighted by Crippen LogP contribution is -2.47. The fourth-order valence-electron chi connectivity index (χ4n) is 6.73. The third kappa shape index (κ3) is 4.02. The molecule has 8 heteroatoms. The van der Waals surface area contributed by atoms with Crippen LogP contribution in [-0.4, -0.2) is 62.4 Å². The Kier molecular flexibility index (Phi) is 6.30. The number of fused-ring (bicyclic) bond motifs is 3. The number of nitrogens with zero attached hydrogens (tertiary/aromatic N) is 1. The molecule has 4 aliphatic rings. The van der Waals surface area contributed by atoms with Crippen molar-refractivity contribution >= 4 is 11.8 Å². The molecule has 0 saturated carbocycles. The standard InChI is InChI=1S/C30H33NO7/c1-18(27(32)29(33)35-3)12-19-6-4-7-21(13-19)38-28-25(34-2)16-30-9-5-10-31(30)11-8-20-14-23-24(37-17-36-23)15-22(20)26(28)30/h4,6-7,13-16,18,26,28H,5,8-12,17H2,1-3H3/t18?,26-,28-,30+/m1/s1. The minimum absolute atomic E-state index is 0.0235. The minimum atomic E-state index is -0.815. The molecule has 0 aromatic heterocycles. The highest BCUT2D eigenvalue weighted by Gasteiger charge is 2.57. The lowest BCUT2D eigenvalue weighted by molar-refractivity contribution is -0.153. The highest BCUT2D eigenvalue weighted by atomic mass is 16.7. The predicted octanol–water partition coefficient (Wildman–Crippen LogP) is 3.80. The number of ether oxygens (including phenoxy) is 5. The second kappa shape index (κ2) is 9.66. The molecule has 0 N–H and O–H groups in total. The van der Waals surface area contributed by atoms with Crippen LogP contribution in [0.2, 0.25) is 0 Å². The maximum atomic E-state index is 12.3. The number of hydrogen-bond acceptors (Lipinski definition) is 8. The first-order chi connectivity index (χ1) is 18.4. The number of rotatable bonds is 7. The van der Waals surface area contributed by atoms with Crippen molar-refractivity contribution in [3.63, 3.8) is 0 Å². The van der Waals surface area contributed by atoms with E-state index in [4.69, 9.17) is 18.9 Å². The van der Waals surface area contributed by atoms with Crippen molar-refractivity contribution in [3.05, 3.63) is 64.9 Å². The maximum absolute atomic E-state index is 12.3. The summed E-state index contributed by atoms with van der Waals surface area (Å²) in [6.45, 7) is 3.98. The molecule has 8 nitrogen and oxygen atoms in total. The molecule has 1 fully saturated rings. The first-order valence-corrected chi connectivity index (χ1v) is 13.3. The molecule has 2 aromatic rings. The summed E-state index contributed by atoms with van der Waals surface area (Å²) in [5.74, 6) is 1.29. The van der Waals surface area contributed by atoms with Gasteiger partial charge in [-0.25, -0.2) is 4.79 Å². The lowest BCUT2D eigenvalue weighted by atomic mass is 9.77. The SMILES string of the molecule is COC(=O)C(=O)C(C)Cc1cccc(O[C@@H]2C(OC)=C[C@]34CCCN3CCc3cc5c(cc3[C@H]24)OCO5)c1. The van der Waals surface area contributed by atoms with E-state index in [2.05, 4.69) is 27.8 Å². The van der Waals surface area contributed by atoms with E-state index in [1.807, 2.05) is 24.3 Å². The summed E-state index contributed by atoms with van der Waals surface area (Å²) in [6, 6.07) is 12.0. The van der Waals surface area contributed by atoms with Crippen molar-refractivity contribution in [1.82, 2.24) is 4.90 Å². The molecule has 1 aliphatic carbocycles. The van der Waals surface area contributed by atoms with Crippen molar-refractivity contribution in [3.8, 4) is 17.2 Å². The average molecular weight is 520 g/mol. The van der Waals surface area contributed by atoms with Crippen LogP contribution in [0.5, 0.6) is 17.2 Å². The van der Waals surface area contributed by atoms with Gasteiger partial charge in [0.25, 0.3) is 0 Å². The van der Waals surface area contributed by atoms with E-state index >= 15 is 0 Å². The van der Waals surface area contributed by atoms with Gasteiger partial charge in [-0.1, -0.05) is 19.1 Å². The van der Waals surface area contributed by atoms with Gasteiger partial charge in [0, 0.05) is 12.5 Å². The van der Waals surface area contributed by atoms with Crippen LogP contribution in [0.4, 0.5) is 0 Å². The monoisotopic (exact) mass is 519 g/mol. The minimum Gasteiger partial charge on any atom is -0.497 e. The number of hydrogen-bond donors (Lipinski definition) is 0. The number of esters is 1. The number of ketones is 1. The van der Waals surface area contributed by atoms with Gasteiger partial charge in [0.15, 0.2) is 17.6 Å². The summed E-state index contributed by atoms with van der Waals surface area (Å²) in [6.07, 6.45) is 5.46. The summed E-state index contributed by atoms with van der Waals surface area (Å²) in [4.78, 5) is 26.5. The maximum Gasteiger partial charge on any atom is 0.374 e. The van der Waals surface area contributed by atoms with Gasteiger partial charge in [0.1, 0.15) is 11.5 Å².